The Labute approximate surface area is 120 Å². The molecule has 1 amide bonds. The van der Waals surface area contributed by atoms with Gasteiger partial charge in [-0.05, 0) is 39.5 Å². The standard InChI is InChI=1S/C14H25N5O/c1-4-19(11-7-5-10(15)6-8-11)14-12(13(16)20)9(2)17-18(14)3/h10-11H,4-8,15H2,1-3H3,(H2,16,20). The largest absolute Gasteiger partial charge is 0.365 e. The van der Waals surface area contributed by atoms with Crippen LogP contribution in [0.3, 0.4) is 0 Å². The van der Waals surface area contributed by atoms with Crippen LogP contribution in [0.5, 0.6) is 0 Å². The molecule has 1 saturated carbocycles. The zero-order chi connectivity index (χ0) is 14.9. The number of rotatable bonds is 4. The Morgan fingerprint density at radius 2 is 2.00 bits per heavy atom. The van der Waals surface area contributed by atoms with E-state index in [1.165, 1.54) is 0 Å². The smallest absolute Gasteiger partial charge is 0.254 e. The Bertz CT molecular complexity index is 488. The van der Waals surface area contributed by atoms with Crippen LogP contribution < -0.4 is 16.4 Å². The highest BCUT2D eigenvalue weighted by Gasteiger charge is 2.29. The Kier molecular flexibility index (Phi) is 4.32. The van der Waals surface area contributed by atoms with Crippen LogP contribution in [0.2, 0.25) is 0 Å². The minimum absolute atomic E-state index is 0.314. The maximum atomic E-state index is 11.7. The van der Waals surface area contributed by atoms with Gasteiger partial charge in [-0.1, -0.05) is 0 Å². The van der Waals surface area contributed by atoms with E-state index in [1.807, 2.05) is 14.0 Å². The minimum atomic E-state index is -0.406. The van der Waals surface area contributed by atoms with Crippen LogP contribution in [0.25, 0.3) is 0 Å². The molecule has 0 saturated heterocycles. The number of aryl methyl sites for hydroxylation is 2. The monoisotopic (exact) mass is 279 g/mol. The number of nitrogens with two attached hydrogens (primary N) is 2. The highest BCUT2D eigenvalue weighted by molar-refractivity contribution is 5.99. The molecule has 0 spiro atoms. The summed E-state index contributed by atoms with van der Waals surface area (Å²) in [5, 5.41) is 4.36. The van der Waals surface area contributed by atoms with Crippen molar-refractivity contribution < 1.29 is 4.79 Å². The van der Waals surface area contributed by atoms with Crippen molar-refractivity contribution >= 4 is 11.7 Å². The van der Waals surface area contributed by atoms with Gasteiger partial charge in [-0.25, -0.2) is 0 Å². The van der Waals surface area contributed by atoms with Gasteiger partial charge in [0.15, 0.2) is 0 Å². The normalized spacial score (nSPS) is 22.8. The Hall–Kier alpha value is -1.56. The highest BCUT2D eigenvalue weighted by Crippen LogP contribution is 2.30. The summed E-state index contributed by atoms with van der Waals surface area (Å²) in [5.74, 6) is 0.439. The van der Waals surface area contributed by atoms with Gasteiger partial charge in [-0.15, -0.1) is 0 Å². The maximum absolute atomic E-state index is 11.7. The molecule has 2 rings (SSSR count). The molecule has 112 valence electrons. The second-order valence-electron chi connectivity index (χ2n) is 5.63. The van der Waals surface area contributed by atoms with Crippen LogP contribution in [0, 0.1) is 6.92 Å². The number of anilines is 1. The summed E-state index contributed by atoms with van der Waals surface area (Å²) in [6.45, 7) is 4.76. The van der Waals surface area contributed by atoms with Crippen LogP contribution in [0.4, 0.5) is 5.82 Å². The number of aromatic nitrogens is 2. The molecule has 0 aromatic carbocycles. The fourth-order valence-electron chi connectivity index (χ4n) is 3.26. The fraction of sp³-hybridized carbons (Fsp3) is 0.714. The second-order valence-corrected chi connectivity index (χ2v) is 5.63. The van der Waals surface area contributed by atoms with Crippen molar-refractivity contribution in [1.82, 2.24) is 9.78 Å². The average Bonchev–Trinajstić information content (AvgIpc) is 2.68. The van der Waals surface area contributed by atoms with E-state index in [1.54, 1.807) is 4.68 Å². The van der Waals surface area contributed by atoms with E-state index in [9.17, 15) is 4.79 Å². The molecule has 1 aromatic heterocycles. The summed E-state index contributed by atoms with van der Waals surface area (Å²) in [4.78, 5) is 14.0. The van der Waals surface area contributed by atoms with Gasteiger partial charge in [-0.2, -0.15) is 5.10 Å². The molecule has 0 radical (unpaired) electrons. The van der Waals surface area contributed by atoms with Gasteiger partial charge < -0.3 is 16.4 Å². The summed E-state index contributed by atoms with van der Waals surface area (Å²) in [6.07, 6.45) is 4.17. The van der Waals surface area contributed by atoms with Gasteiger partial charge in [0.25, 0.3) is 5.91 Å². The molecule has 1 heterocycles. The zero-order valence-corrected chi connectivity index (χ0v) is 12.6. The second kappa shape index (κ2) is 5.83. The molecule has 1 aromatic rings. The first-order chi connectivity index (χ1) is 9.45. The number of carbonyl (C=O) groups excluding carboxylic acids is 1. The molecule has 1 aliphatic carbocycles. The lowest BCUT2D eigenvalue weighted by atomic mass is 9.90. The predicted molar refractivity (Wildman–Crippen MR) is 79.7 cm³/mol. The van der Waals surface area contributed by atoms with E-state index < -0.39 is 5.91 Å². The Morgan fingerprint density at radius 3 is 2.50 bits per heavy atom. The molecule has 0 unspecified atom stereocenters. The summed E-state index contributed by atoms with van der Waals surface area (Å²) in [7, 11) is 1.87. The third kappa shape index (κ3) is 2.65. The topological polar surface area (TPSA) is 90.2 Å². The van der Waals surface area contributed by atoms with Crippen molar-refractivity contribution in [2.45, 2.75) is 51.6 Å². The third-order valence-corrected chi connectivity index (χ3v) is 4.23. The number of hydrogen-bond acceptors (Lipinski definition) is 4. The first kappa shape index (κ1) is 14.8. The molecule has 0 bridgehead atoms. The summed E-state index contributed by atoms with van der Waals surface area (Å²) >= 11 is 0. The minimum Gasteiger partial charge on any atom is -0.365 e. The molecule has 4 N–H and O–H groups in total. The summed E-state index contributed by atoms with van der Waals surface area (Å²) in [5.41, 5.74) is 12.8. The van der Waals surface area contributed by atoms with E-state index >= 15 is 0 Å². The predicted octanol–water partition coefficient (Wildman–Crippen LogP) is 0.924. The fourth-order valence-corrected chi connectivity index (χ4v) is 3.26. The van der Waals surface area contributed by atoms with E-state index in [4.69, 9.17) is 11.5 Å². The van der Waals surface area contributed by atoms with Crippen molar-refractivity contribution in [2.75, 3.05) is 11.4 Å². The average molecular weight is 279 g/mol. The SMILES string of the molecule is CCN(c1c(C(N)=O)c(C)nn1C)C1CCC(N)CC1. The molecule has 1 aliphatic rings. The summed E-state index contributed by atoms with van der Waals surface area (Å²) < 4.78 is 1.77. The van der Waals surface area contributed by atoms with E-state index in [2.05, 4.69) is 16.9 Å². The van der Waals surface area contributed by atoms with E-state index in [0.717, 1.165) is 38.0 Å². The van der Waals surface area contributed by atoms with Crippen LogP contribution >= 0.6 is 0 Å². The van der Waals surface area contributed by atoms with Crippen molar-refractivity contribution in [3.05, 3.63) is 11.3 Å². The lowest BCUT2D eigenvalue weighted by Gasteiger charge is -2.37. The lowest BCUT2D eigenvalue weighted by molar-refractivity contribution is 0.1000. The number of primary amides is 1. The van der Waals surface area contributed by atoms with E-state index in [-0.39, 0.29) is 0 Å². The molecule has 1 fully saturated rings. The maximum Gasteiger partial charge on any atom is 0.254 e. The van der Waals surface area contributed by atoms with Crippen LogP contribution in [-0.2, 0) is 7.05 Å². The Morgan fingerprint density at radius 1 is 1.40 bits per heavy atom. The molecule has 0 aliphatic heterocycles. The molecule has 20 heavy (non-hydrogen) atoms. The number of amides is 1. The van der Waals surface area contributed by atoms with Gasteiger partial charge in [0, 0.05) is 25.7 Å². The first-order valence-corrected chi connectivity index (χ1v) is 7.31. The first-order valence-electron chi connectivity index (χ1n) is 7.31. The molecular weight excluding hydrogens is 254 g/mol. The van der Waals surface area contributed by atoms with Crippen LogP contribution in [0.1, 0.15) is 48.7 Å². The molecule has 6 nitrogen and oxygen atoms in total. The van der Waals surface area contributed by atoms with Crippen molar-refractivity contribution in [3.63, 3.8) is 0 Å². The van der Waals surface area contributed by atoms with Gasteiger partial charge in [-0.3, -0.25) is 9.48 Å². The quantitative estimate of drug-likeness (QED) is 0.857. The van der Waals surface area contributed by atoms with Crippen LogP contribution in [-0.4, -0.2) is 34.3 Å². The highest BCUT2D eigenvalue weighted by atomic mass is 16.1. The Balaban J connectivity index is 2.34. The van der Waals surface area contributed by atoms with Crippen molar-refractivity contribution in [1.29, 1.82) is 0 Å². The third-order valence-electron chi connectivity index (χ3n) is 4.23. The van der Waals surface area contributed by atoms with Gasteiger partial charge in [0.2, 0.25) is 0 Å². The van der Waals surface area contributed by atoms with Crippen LogP contribution in [0.15, 0.2) is 0 Å². The molecular formula is C14H25N5O. The van der Waals surface area contributed by atoms with Crippen molar-refractivity contribution in [3.8, 4) is 0 Å². The number of nitrogens with zero attached hydrogens (tertiary/aromatic N) is 3. The zero-order valence-electron chi connectivity index (χ0n) is 12.6. The van der Waals surface area contributed by atoms with Crippen molar-refractivity contribution in [2.24, 2.45) is 18.5 Å². The lowest BCUT2D eigenvalue weighted by Crippen LogP contribution is -2.42. The summed E-state index contributed by atoms with van der Waals surface area (Å²) in [6, 6.07) is 0.724. The number of carbonyl (C=O) groups is 1. The van der Waals surface area contributed by atoms with Gasteiger partial charge in [0.1, 0.15) is 11.4 Å². The molecule has 6 heteroatoms. The van der Waals surface area contributed by atoms with E-state index in [0.29, 0.717) is 23.3 Å². The molecule has 0 atom stereocenters. The number of hydrogen-bond donors (Lipinski definition) is 2. The van der Waals surface area contributed by atoms with Gasteiger partial charge in [0.05, 0.1) is 5.69 Å². The van der Waals surface area contributed by atoms with Gasteiger partial charge >= 0.3 is 0 Å².